The number of hydrogen-bond acceptors (Lipinski definition) is 6. The number of thioether (sulfide) groups is 1. The van der Waals surface area contributed by atoms with Crippen LogP contribution in [0.1, 0.15) is 30.3 Å². The third-order valence-electron chi connectivity index (χ3n) is 2.94. The molecule has 3 rings (SSSR count). The van der Waals surface area contributed by atoms with Gasteiger partial charge in [-0.3, -0.25) is 4.98 Å². The molecule has 0 aromatic carbocycles. The van der Waals surface area contributed by atoms with Gasteiger partial charge < -0.3 is 9.63 Å². The van der Waals surface area contributed by atoms with Gasteiger partial charge in [-0.05, 0) is 24.7 Å². The van der Waals surface area contributed by atoms with Gasteiger partial charge in [-0.1, -0.05) is 11.6 Å². The largest absolute Gasteiger partial charge is 0.505 e. The van der Waals surface area contributed by atoms with E-state index in [1.807, 2.05) is 11.8 Å². The van der Waals surface area contributed by atoms with Crippen molar-refractivity contribution in [2.75, 3.05) is 5.75 Å². The van der Waals surface area contributed by atoms with Crippen molar-refractivity contribution in [2.45, 2.75) is 24.5 Å². The molecule has 1 fully saturated rings. The normalized spacial score (nSPS) is 19.9. The Kier molecular flexibility index (Phi) is 3.19. The highest BCUT2D eigenvalue weighted by Crippen LogP contribution is 2.37. The lowest BCUT2D eigenvalue weighted by atomic mass is 10.2. The second kappa shape index (κ2) is 4.97. The Bertz CT molecular complexity index is 538. The number of rotatable bonds is 2. The number of pyridine rings is 1. The molecule has 0 saturated carbocycles. The first-order valence-electron chi connectivity index (χ1n) is 5.93. The van der Waals surface area contributed by atoms with Crippen molar-refractivity contribution in [3.8, 4) is 17.2 Å². The molecule has 5 nitrogen and oxygen atoms in total. The van der Waals surface area contributed by atoms with E-state index in [1.54, 1.807) is 12.3 Å². The molecule has 1 unspecified atom stereocenters. The molecule has 2 aromatic heterocycles. The summed E-state index contributed by atoms with van der Waals surface area (Å²) in [6.45, 7) is 0. The Morgan fingerprint density at radius 2 is 2.33 bits per heavy atom. The maximum absolute atomic E-state index is 9.69. The lowest BCUT2D eigenvalue weighted by molar-refractivity contribution is 0.415. The molecule has 1 N–H and O–H groups in total. The zero-order chi connectivity index (χ0) is 12.4. The van der Waals surface area contributed by atoms with Gasteiger partial charge in [0.1, 0.15) is 5.75 Å². The molecule has 0 spiro atoms. The number of aromatic hydroxyl groups is 1. The first-order valence-corrected chi connectivity index (χ1v) is 6.98. The van der Waals surface area contributed by atoms with Crippen molar-refractivity contribution in [3.63, 3.8) is 0 Å². The maximum atomic E-state index is 9.69. The van der Waals surface area contributed by atoms with Crippen LogP contribution in [0.2, 0.25) is 0 Å². The monoisotopic (exact) mass is 263 g/mol. The zero-order valence-corrected chi connectivity index (χ0v) is 10.6. The summed E-state index contributed by atoms with van der Waals surface area (Å²) in [4.78, 5) is 8.20. The molecule has 6 heteroatoms. The van der Waals surface area contributed by atoms with Crippen LogP contribution in [0.4, 0.5) is 0 Å². The highest BCUT2D eigenvalue weighted by Gasteiger charge is 2.22. The summed E-state index contributed by atoms with van der Waals surface area (Å²) in [5.74, 6) is 2.29. The van der Waals surface area contributed by atoms with E-state index in [2.05, 4.69) is 15.1 Å². The van der Waals surface area contributed by atoms with E-state index in [0.717, 1.165) is 18.0 Å². The third-order valence-corrected chi connectivity index (χ3v) is 4.31. The van der Waals surface area contributed by atoms with Crippen molar-refractivity contribution < 1.29 is 9.63 Å². The van der Waals surface area contributed by atoms with Crippen LogP contribution >= 0.6 is 11.8 Å². The molecule has 1 saturated heterocycles. The van der Waals surface area contributed by atoms with Crippen LogP contribution < -0.4 is 0 Å². The fourth-order valence-corrected chi connectivity index (χ4v) is 3.22. The number of nitrogens with zero attached hydrogens (tertiary/aromatic N) is 3. The summed E-state index contributed by atoms with van der Waals surface area (Å²) in [6.07, 6.45) is 6.52. The average molecular weight is 263 g/mol. The van der Waals surface area contributed by atoms with Gasteiger partial charge in [0, 0.05) is 6.20 Å². The highest BCUT2D eigenvalue weighted by molar-refractivity contribution is 7.99. The molecule has 3 heterocycles. The van der Waals surface area contributed by atoms with E-state index in [0.29, 0.717) is 16.7 Å². The third kappa shape index (κ3) is 2.20. The maximum Gasteiger partial charge on any atom is 0.261 e. The van der Waals surface area contributed by atoms with Crippen molar-refractivity contribution in [2.24, 2.45) is 0 Å². The van der Waals surface area contributed by atoms with E-state index < -0.39 is 0 Å². The second-order valence-corrected chi connectivity index (χ2v) is 5.52. The van der Waals surface area contributed by atoms with Crippen LogP contribution in [0.3, 0.4) is 0 Å². The highest BCUT2D eigenvalue weighted by atomic mass is 32.2. The summed E-state index contributed by atoms with van der Waals surface area (Å²) in [5.41, 5.74) is 0.532. The Balaban J connectivity index is 1.87. The molecule has 0 amide bonds. The topological polar surface area (TPSA) is 72.0 Å². The summed E-state index contributed by atoms with van der Waals surface area (Å²) in [7, 11) is 0. The minimum atomic E-state index is 0.0593. The van der Waals surface area contributed by atoms with Gasteiger partial charge in [-0.15, -0.1) is 0 Å². The van der Waals surface area contributed by atoms with Crippen molar-refractivity contribution >= 4 is 11.8 Å². The molecule has 18 heavy (non-hydrogen) atoms. The minimum Gasteiger partial charge on any atom is -0.505 e. The quantitative estimate of drug-likeness (QED) is 0.898. The fourth-order valence-electron chi connectivity index (χ4n) is 1.99. The summed E-state index contributed by atoms with van der Waals surface area (Å²) >= 11 is 1.87. The first-order chi connectivity index (χ1) is 8.84. The lowest BCUT2D eigenvalue weighted by Gasteiger charge is -2.17. The van der Waals surface area contributed by atoms with E-state index in [9.17, 15) is 5.11 Å². The van der Waals surface area contributed by atoms with Crippen LogP contribution in [0.15, 0.2) is 23.0 Å². The molecular formula is C12H13N3O2S. The zero-order valence-electron chi connectivity index (χ0n) is 9.74. The summed E-state index contributed by atoms with van der Waals surface area (Å²) in [6, 6.07) is 1.67. The van der Waals surface area contributed by atoms with Crippen molar-refractivity contribution in [1.82, 2.24) is 15.1 Å². The minimum absolute atomic E-state index is 0.0593. The van der Waals surface area contributed by atoms with Crippen molar-refractivity contribution in [3.05, 3.63) is 24.3 Å². The van der Waals surface area contributed by atoms with E-state index >= 15 is 0 Å². The molecule has 0 aliphatic carbocycles. The Hall–Kier alpha value is -1.56. The van der Waals surface area contributed by atoms with Crippen molar-refractivity contribution in [1.29, 1.82) is 0 Å². The van der Waals surface area contributed by atoms with Crippen LogP contribution in [0.25, 0.3) is 11.5 Å². The van der Waals surface area contributed by atoms with Crippen LogP contribution in [0, 0.1) is 0 Å². The van der Waals surface area contributed by atoms with Gasteiger partial charge in [0.2, 0.25) is 0 Å². The molecule has 1 aliphatic rings. The Morgan fingerprint density at radius 1 is 1.39 bits per heavy atom. The molecule has 94 valence electrons. The number of aromatic nitrogens is 3. The predicted octanol–water partition coefficient (Wildman–Crippen LogP) is 2.80. The van der Waals surface area contributed by atoms with Gasteiger partial charge in [0.15, 0.2) is 5.82 Å². The lowest BCUT2D eigenvalue weighted by Crippen LogP contribution is -2.03. The Labute approximate surface area is 109 Å². The summed E-state index contributed by atoms with van der Waals surface area (Å²) < 4.78 is 5.22. The molecule has 0 bridgehead atoms. The smallest absolute Gasteiger partial charge is 0.261 e. The number of hydrogen-bond donors (Lipinski definition) is 1. The van der Waals surface area contributed by atoms with Crippen LogP contribution in [-0.2, 0) is 0 Å². The predicted molar refractivity (Wildman–Crippen MR) is 68.2 cm³/mol. The van der Waals surface area contributed by atoms with Gasteiger partial charge in [0.25, 0.3) is 5.89 Å². The van der Waals surface area contributed by atoms with E-state index in [4.69, 9.17) is 4.52 Å². The fraction of sp³-hybridized carbons (Fsp3) is 0.417. The molecular weight excluding hydrogens is 250 g/mol. The van der Waals surface area contributed by atoms with Gasteiger partial charge in [0.05, 0.1) is 17.0 Å². The van der Waals surface area contributed by atoms with Gasteiger partial charge in [-0.25, -0.2) is 0 Å². The average Bonchev–Trinajstić information content (AvgIpc) is 2.90. The van der Waals surface area contributed by atoms with Gasteiger partial charge in [-0.2, -0.15) is 16.7 Å². The van der Waals surface area contributed by atoms with Crippen LogP contribution in [0.5, 0.6) is 5.75 Å². The SMILES string of the molecule is Oc1cnccc1-c1nc(C2CCCCS2)no1. The molecule has 1 atom stereocenters. The molecule has 0 radical (unpaired) electrons. The second-order valence-electron chi connectivity index (χ2n) is 4.21. The summed E-state index contributed by atoms with van der Waals surface area (Å²) in [5, 5.41) is 14.0. The van der Waals surface area contributed by atoms with Crippen LogP contribution in [-0.4, -0.2) is 26.0 Å². The van der Waals surface area contributed by atoms with E-state index in [1.165, 1.54) is 19.0 Å². The standard InChI is InChI=1S/C12H13N3O2S/c16-9-7-13-5-4-8(9)12-14-11(15-17-12)10-3-1-2-6-18-10/h4-5,7,10,16H,1-3,6H2. The first kappa shape index (κ1) is 11.5. The van der Waals surface area contributed by atoms with Gasteiger partial charge >= 0.3 is 0 Å². The molecule has 2 aromatic rings. The Morgan fingerprint density at radius 3 is 3.11 bits per heavy atom. The van der Waals surface area contributed by atoms with E-state index in [-0.39, 0.29) is 5.75 Å². The molecule has 1 aliphatic heterocycles.